The smallest absolute Gasteiger partial charge is 0.338 e. The second kappa shape index (κ2) is 10.5. The van der Waals surface area contributed by atoms with E-state index in [1.54, 1.807) is 48.4 Å². The molecule has 11 heteroatoms. The number of nitrogens with one attached hydrogen (secondary N) is 1. The average molecular weight is 496 g/mol. The summed E-state index contributed by atoms with van der Waals surface area (Å²) >= 11 is 1.14. The van der Waals surface area contributed by atoms with Crippen LogP contribution in [0.25, 0.3) is 0 Å². The van der Waals surface area contributed by atoms with Gasteiger partial charge < -0.3 is 10.0 Å². The van der Waals surface area contributed by atoms with Gasteiger partial charge in [-0.1, -0.05) is 37.3 Å². The van der Waals surface area contributed by atoms with Gasteiger partial charge in [0.15, 0.2) is 11.6 Å². The summed E-state index contributed by atoms with van der Waals surface area (Å²) in [4.78, 5) is 30.1. The summed E-state index contributed by atoms with van der Waals surface area (Å²) in [5.74, 6) is -3.21. The van der Waals surface area contributed by atoms with Crippen LogP contribution in [-0.4, -0.2) is 49.7 Å². The van der Waals surface area contributed by atoms with Crippen molar-refractivity contribution in [3.8, 4) is 0 Å². The van der Waals surface area contributed by atoms with Gasteiger partial charge in [-0.25, -0.2) is 22.6 Å². The number of carboxylic acids is 1. The Morgan fingerprint density at radius 1 is 1.24 bits per heavy atom. The Morgan fingerprint density at radius 3 is 2.42 bits per heavy atom. The van der Waals surface area contributed by atoms with Crippen LogP contribution in [0.1, 0.15) is 41.3 Å². The molecule has 3 rings (SSSR count). The lowest BCUT2D eigenvalue weighted by molar-refractivity contribution is -0.123. The largest absolute Gasteiger partial charge is 0.478 e. The van der Waals surface area contributed by atoms with Gasteiger partial charge in [0.1, 0.15) is 5.03 Å². The fourth-order valence-corrected chi connectivity index (χ4v) is 5.67. The van der Waals surface area contributed by atoms with E-state index in [4.69, 9.17) is 0 Å². The summed E-state index contributed by atoms with van der Waals surface area (Å²) < 4.78 is 42.0. The molecule has 0 atom stereocenters. The van der Waals surface area contributed by atoms with E-state index in [1.807, 2.05) is 0 Å². The van der Waals surface area contributed by atoms with Crippen molar-refractivity contribution in [1.82, 2.24) is 9.71 Å². The van der Waals surface area contributed by atoms with Crippen LogP contribution >= 0.6 is 11.8 Å². The van der Waals surface area contributed by atoms with Crippen molar-refractivity contribution in [2.75, 3.05) is 24.2 Å². The van der Waals surface area contributed by atoms with Crippen molar-refractivity contribution in [3.05, 3.63) is 52.8 Å². The van der Waals surface area contributed by atoms with Crippen LogP contribution in [0.4, 0.5) is 10.2 Å². The van der Waals surface area contributed by atoms with Crippen molar-refractivity contribution in [2.24, 2.45) is 5.92 Å². The number of carboxylic acid groups (broad SMARTS) is 1. The molecular formula is C22H26FN3O5S2. The maximum absolute atomic E-state index is 15.1. The molecule has 0 saturated carbocycles. The number of carbonyl (C=O) groups excluding carboxylic acids is 1. The zero-order chi connectivity index (χ0) is 24.2. The molecule has 1 aliphatic rings. The lowest BCUT2D eigenvalue weighted by Gasteiger charge is -2.33. The maximum atomic E-state index is 15.1. The monoisotopic (exact) mass is 495 g/mol. The van der Waals surface area contributed by atoms with Gasteiger partial charge in [-0.15, -0.1) is 11.8 Å². The number of hydrogen-bond acceptors (Lipinski definition) is 7. The van der Waals surface area contributed by atoms with Gasteiger partial charge in [0.2, 0.25) is 15.9 Å². The number of sulfonamides is 1. The normalized spacial score (nSPS) is 14.8. The minimum atomic E-state index is -3.83. The highest BCUT2D eigenvalue weighted by molar-refractivity contribution is 7.98. The summed E-state index contributed by atoms with van der Waals surface area (Å²) in [6.45, 7) is 2.28. The van der Waals surface area contributed by atoms with Crippen LogP contribution in [0.15, 0.2) is 35.4 Å². The summed E-state index contributed by atoms with van der Waals surface area (Å²) in [6.07, 6.45) is 2.53. The minimum Gasteiger partial charge on any atom is -0.478 e. The molecule has 0 bridgehead atoms. The van der Waals surface area contributed by atoms with E-state index >= 15 is 4.39 Å². The zero-order valence-electron chi connectivity index (χ0n) is 18.4. The van der Waals surface area contributed by atoms with Crippen LogP contribution < -0.4 is 9.62 Å². The average Bonchev–Trinajstić information content (AvgIpc) is 2.78. The summed E-state index contributed by atoms with van der Waals surface area (Å²) in [7, 11) is -3.83. The van der Waals surface area contributed by atoms with Crippen molar-refractivity contribution in [1.29, 1.82) is 0 Å². The number of piperidine rings is 1. The van der Waals surface area contributed by atoms with Gasteiger partial charge >= 0.3 is 5.97 Å². The Bertz CT molecular complexity index is 1130. The number of carbonyl (C=O) groups is 2. The van der Waals surface area contributed by atoms with Crippen molar-refractivity contribution in [3.63, 3.8) is 0 Å². The molecule has 178 valence electrons. The van der Waals surface area contributed by atoms with Crippen molar-refractivity contribution < 1.29 is 27.5 Å². The van der Waals surface area contributed by atoms with E-state index in [-0.39, 0.29) is 34.1 Å². The molecule has 2 N–H and O–H groups in total. The quantitative estimate of drug-likeness (QED) is 0.537. The molecule has 0 spiro atoms. The summed E-state index contributed by atoms with van der Waals surface area (Å²) in [5.41, 5.74) is 0.558. The molecule has 33 heavy (non-hydrogen) atoms. The second-order valence-electron chi connectivity index (χ2n) is 7.74. The highest BCUT2D eigenvalue weighted by Crippen LogP contribution is 2.32. The number of nitrogens with zero attached hydrogens (tertiary/aromatic N) is 2. The van der Waals surface area contributed by atoms with E-state index < -0.39 is 33.6 Å². The molecule has 1 saturated heterocycles. The SMILES string of the molecule is CCc1c(F)c(N2CCC(C(=O)NS(=O)(=O)Cc3ccccc3)CC2)nc(SC)c1C(=O)O. The third-order valence-corrected chi connectivity index (χ3v) is 7.47. The molecule has 1 aliphatic heterocycles. The van der Waals surface area contributed by atoms with Crippen molar-refractivity contribution in [2.45, 2.75) is 37.0 Å². The number of benzene rings is 1. The number of anilines is 1. The number of thioether (sulfide) groups is 1. The molecule has 1 fully saturated rings. The van der Waals surface area contributed by atoms with E-state index in [0.717, 1.165) is 11.8 Å². The molecule has 0 radical (unpaired) electrons. The van der Waals surface area contributed by atoms with Crippen molar-refractivity contribution >= 4 is 39.5 Å². The van der Waals surface area contributed by atoms with Gasteiger partial charge in [0.25, 0.3) is 0 Å². The first kappa shape index (κ1) is 25.0. The molecule has 8 nitrogen and oxygen atoms in total. The van der Waals surface area contributed by atoms with E-state index in [0.29, 0.717) is 31.5 Å². The Morgan fingerprint density at radius 2 is 1.88 bits per heavy atom. The van der Waals surface area contributed by atoms with Gasteiger partial charge in [0.05, 0.1) is 11.3 Å². The lowest BCUT2D eigenvalue weighted by Crippen LogP contribution is -2.43. The van der Waals surface area contributed by atoms with Crippen LogP contribution in [0.3, 0.4) is 0 Å². The first-order valence-corrected chi connectivity index (χ1v) is 13.4. The van der Waals surface area contributed by atoms with Crippen LogP contribution in [0.2, 0.25) is 0 Å². The summed E-state index contributed by atoms with van der Waals surface area (Å²) in [6, 6.07) is 8.58. The predicted molar refractivity (Wildman–Crippen MR) is 124 cm³/mol. The molecule has 2 aromatic rings. The number of amides is 1. The molecule has 0 unspecified atom stereocenters. The zero-order valence-corrected chi connectivity index (χ0v) is 20.0. The Labute approximate surface area is 196 Å². The highest BCUT2D eigenvalue weighted by atomic mass is 32.2. The van der Waals surface area contributed by atoms with Gasteiger partial charge in [-0.2, -0.15) is 0 Å². The molecule has 0 aliphatic carbocycles. The molecule has 1 amide bonds. The highest BCUT2D eigenvalue weighted by Gasteiger charge is 2.31. The minimum absolute atomic E-state index is 0.0664. The van der Waals surface area contributed by atoms with E-state index in [2.05, 4.69) is 9.71 Å². The van der Waals surface area contributed by atoms with E-state index in [1.165, 1.54) is 0 Å². The van der Waals surface area contributed by atoms with E-state index in [9.17, 15) is 23.1 Å². The second-order valence-corrected chi connectivity index (χ2v) is 10.3. The van der Waals surface area contributed by atoms with Crippen LogP contribution in [-0.2, 0) is 27.0 Å². The maximum Gasteiger partial charge on any atom is 0.338 e. The standard InChI is InChI=1S/C22H26FN3O5S2/c1-3-16-17(22(28)29)21(32-2)24-19(18(16)23)26-11-9-15(10-12-26)20(27)25-33(30,31)13-14-7-5-4-6-8-14/h4-8,15H,3,9-13H2,1-2H3,(H,25,27)(H,28,29). The summed E-state index contributed by atoms with van der Waals surface area (Å²) in [5, 5.41) is 9.73. The lowest BCUT2D eigenvalue weighted by atomic mass is 9.96. The molecule has 2 heterocycles. The molecular weight excluding hydrogens is 469 g/mol. The third-order valence-electron chi connectivity index (χ3n) is 5.57. The fraction of sp³-hybridized carbons (Fsp3) is 0.409. The number of halogens is 1. The number of pyridine rings is 1. The first-order chi connectivity index (χ1) is 15.7. The topological polar surface area (TPSA) is 117 Å². The number of aromatic carboxylic acids is 1. The number of rotatable bonds is 8. The molecule has 1 aromatic heterocycles. The van der Waals surface area contributed by atoms with Crippen LogP contribution in [0, 0.1) is 11.7 Å². The third kappa shape index (κ3) is 5.83. The Balaban J connectivity index is 1.69. The first-order valence-electron chi connectivity index (χ1n) is 10.5. The van der Waals surface area contributed by atoms with Gasteiger partial charge in [-0.3, -0.25) is 9.52 Å². The van der Waals surface area contributed by atoms with Crippen LogP contribution in [0.5, 0.6) is 0 Å². The molecule has 1 aromatic carbocycles. The van der Waals surface area contributed by atoms with Gasteiger partial charge in [-0.05, 0) is 31.1 Å². The predicted octanol–water partition coefficient (Wildman–Crippen LogP) is 3.07. The van der Waals surface area contributed by atoms with Gasteiger partial charge in [0, 0.05) is 24.6 Å². The Hall–Kier alpha value is -2.66. The number of aromatic nitrogens is 1. The number of hydrogen-bond donors (Lipinski definition) is 2. The Kier molecular flexibility index (Phi) is 7.96. The fourth-order valence-electron chi connectivity index (χ4n) is 3.90.